The summed E-state index contributed by atoms with van der Waals surface area (Å²) in [5.74, 6) is -0.599. The number of aromatic hydroxyl groups is 1. The van der Waals surface area contributed by atoms with Crippen molar-refractivity contribution in [2.45, 2.75) is 12.5 Å². The monoisotopic (exact) mass is 383 g/mol. The molecule has 2 N–H and O–H groups in total. The minimum Gasteiger partial charge on any atom is -0.507 e. The van der Waals surface area contributed by atoms with Gasteiger partial charge >= 0.3 is 5.97 Å². The lowest BCUT2D eigenvalue weighted by Gasteiger charge is -2.10. The molecule has 27 heavy (non-hydrogen) atoms. The van der Waals surface area contributed by atoms with Gasteiger partial charge in [0.25, 0.3) is 0 Å². The smallest absolute Gasteiger partial charge is 0.335 e. The summed E-state index contributed by atoms with van der Waals surface area (Å²) in [6.45, 7) is 4.05. The molecule has 0 amide bonds. The van der Waals surface area contributed by atoms with Gasteiger partial charge in [-0.05, 0) is 25.1 Å². The highest BCUT2D eigenvalue weighted by Gasteiger charge is 2.40. The Bertz CT molecular complexity index is 663. The quantitative estimate of drug-likeness (QED) is 0.515. The largest absolute Gasteiger partial charge is 0.507 e. The highest BCUT2D eigenvalue weighted by atomic mass is 16.6. The summed E-state index contributed by atoms with van der Waals surface area (Å²) in [7, 11) is 1.61. The minimum absolute atomic E-state index is 0.0693. The summed E-state index contributed by atoms with van der Waals surface area (Å²) in [6.07, 6.45) is 0. The van der Waals surface area contributed by atoms with Crippen molar-refractivity contribution >= 4 is 11.9 Å². The Kier molecular flexibility index (Phi) is 7.83. The van der Waals surface area contributed by atoms with E-state index in [0.29, 0.717) is 45.4 Å². The summed E-state index contributed by atoms with van der Waals surface area (Å²) in [5.41, 5.74) is -1.08. The van der Waals surface area contributed by atoms with Crippen LogP contribution in [0.5, 0.6) is 11.5 Å². The first kappa shape index (κ1) is 20.9. The molecule has 0 aliphatic carbocycles. The summed E-state index contributed by atoms with van der Waals surface area (Å²) in [6, 6.07) is 4.59. The Morgan fingerprint density at radius 1 is 1.19 bits per heavy atom. The number of carboxylic acid groups (broad SMARTS) is 1. The maximum absolute atomic E-state index is 11.3. The van der Waals surface area contributed by atoms with Crippen LogP contribution >= 0.6 is 0 Å². The topological polar surface area (TPSA) is 116 Å². The van der Waals surface area contributed by atoms with Crippen LogP contribution < -0.4 is 4.74 Å². The van der Waals surface area contributed by atoms with Crippen molar-refractivity contribution in [1.82, 2.24) is 0 Å². The molecule has 9 nitrogen and oxygen atoms in total. The highest BCUT2D eigenvalue weighted by Crippen LogP contribution is 2.29. The lowest BCUT2D eigenvalue weighted by Crippen LogP contribution is -2.34. The van der Waals surface area contributed by atoms with Crippen molar-refractivity contribution in [3.63, 3.8) is 0 Å². The van der Waals surface area contributed by atoms with Gasteiger partial charge in [-0.3, -0.25) is 0 Å². The van der Waals surface area contributed by atoms with Crippen LogP contribution in [0, 0.1) is 0 Å². The van der Waals surface area contributed by atoms with Crippen molar-refractivity contribution in [2.24, 2.45) is 4.99 Å². The number of methoxy groups -OCH3 is 1. The first-order valence-electron chi connectivity index (χ1n) is 8.53. The standard InChI is InChI=1S/C18H25NO8/c1-18(17(21)22)12-27-16(19-18)14-11-13(3-4-15(14)20)26-10-9-25-8-7-24-6-5-23-2/h3-4,11,20H,5-10,12H2,1-2H3,(H,21,22). The van der Waals surface area contributed by atoms with Crippen LogP contribution in [0.1, 0.15) is 12.5 Å². The Balaban J connectivity index is 1.81. The van der Waals surface area contributed by atoms with Crippen LogP contribution in [0.3, 0.4) is 0 Å². The molecule has 9 heteroatoms. The number of aliphatic carboxylic acids is 1. The normalized spacial score (nSPS) is 18.8. The Morgan fingerprint density at radius 2 is 1.85 bits per heavy atom. The molecule has 1 aromatic carbocycles. The van der Waals surface area contributed by atoms with Gasteiger partial charge in [0.2, 0.25) is 5.90 Å². The zero-order valence-corrected chi connectivity index (χ0v) is 15.5. The van der Waals surface area contributed by atoms with Crippen molar-refractivity contribution in [3.05, 3.63) is 23.8 Å². The molecular weight excluding hydrogens is 358 g/mol. The van der Waals surface area contributed by atoms with Gasteiger partial charge in [0.1, 0.15) is 24.7 Å². The number of phenolic OH excluding ortho intramolecular Hbond substituents is 1. The SMILES string of the molecule is COCCOCCOCCOc1ccc(O)c(C2=NC(C)(C(=O)O)CO2)c1. The van der Waals surface area contributed by atoms with E-state index in [1.807, 2.05) is 0 Å². The van der Waals surface area contributed by atoms with E-state index in [4.69, 9.17) is 23.7 Å². The van der Waals surface area contributed by atoms with E-state index in [0.717, 1.165) is 0 Å². The first-order chi connectivity index (χ1) is 13.0. The number of hydrogen-bond donors (Lipinski definition) is 2. The van der Waals surface area contributed by atoms with Gasteiger partial charge in [-0.15, -0.1) is 0 Å². The Labute approximate surface area is 157 Å². The molecule has 1 atom stereocenters. The number of nitrogens with zero attached hydrogens (tertiary/aromatic N) is 1. The number of hydrogen-bond acceptors (Lipinski definition) is 8. The second-order valence-electron chi connectivity index (χ2n) is 6.03. The van der Waals surface area contributed by atoms with Gasteiger partial charge < -0.3 is 33.9 Å². The summed E-state index contributed by atoms with van der Waals surface area (Å²) in [4.78, 5) is 15.3. The number of phenols is 1. The van der Waals surface area contributed by atoms with Crippen molar-refractivity contribution in [3.8, 4) is 11.5 Å². The molecule has 0 saturated carbocycles. The predicted octanol–water partition coefficient (Wildman–Crippen LogP) is 1.07. The van der Waals surface area contributed by atoms with Gasteiger partial charge in [-0.1, -0.05) is 0 Å². The third-order valence-corrected chi connectivity index (χ3v) is 3.80. The summed E-state index contributed by atoms with van der Waals surface area (Å²) in [5, 5.41) is 19.2. The molecule has 0 aromatic heterocycles. The average Bonchev–Trinajstić information content (AvgIpc) is 3.05. The predicted molar refractivity (Wildman–Crippen MR) is 95.6 cm³/mol. The molecule has 1 aliphatic heterocycles. The van der Waals surface area contributed by atoms with Crippen LogP contribution in [0.4, 0.5) is 0 Å². The third kappa shape index (κ3) is 6.09. The van der Waals surface area contributed by atoms with E-state index >= 15 is 0 Å². The maximum atomic E-state index is 11.3. The molecule has 2 rings (SSSR count). The molecule has 1 unspecified atom stereocenters. The molecule has 0 saturated heterocycles. The van der Waals surface area contributed by atoms with E-state index in [2.05, 4.69) is 4.99 Å². The molecule has 1 aliphatic rings. The van der Waals surface area contributed by atoms with E-state index in [-0.39, 0.29) is 23.8 Å². The average molecular weight is 383 g/mol. The zero-order chi connectivity index (χ0) is 19.7. The fourth-order valence-electron chi connectivity index (χ4n) is 2.20. The van der Waals surface area contributed by atoms with Crippen molar-refractivity contribution < 1.29 is 38.7 Å². The highest BCUT2D eigenvalue weighted by molar-refractivity contribution is 6.00. The summed E-state index contributed by atoms with van der Waals surface area (Å²) >= 11 is 0. The number of carbonyl (C=O) groups is 1. The first-order valence-corrected chi connectivity index (χ1v) is 8.53. The number of rotatable bonds is 12. The van der Waals surface area contributed by atoms with Gasteiger partial charge in [0.05, 0.1) is 38.6 Å². The maximum Gasteiger partial charge on any atom is 0.335 e. The molecular formula is C18H25NO8. The van der Waals surface area contributed by atoms with Crippen LogP contribution in [0.15, 0.2) is 23.2 Å². The zero-order valence-electron chi connectivity index (χ0n) is 15.5. The number of ether oxygens (including phenoxy) is 5. The second kappa shape index (κ2) is 10.1. The molecule has 0 bridgehead atoms. The Morgan fingerprint density at radius 3 is 2.48 bits per heavy atom. The third-order valence-electron chi connectivity index (χ3n) is 3.80. The fraction of sp³-hybridized carbons (Fsp3) is 0.556. The van der Waals surface area contributed by atoms with Gasteiger partial charge in [0, 0.05) is 7.11 Å². The van der Waals surface area contributed by atoms with E-state index in [1.165, 1.54) is 13.0 Å². The van der Waals surface area contributed by atoms with E-state index in [1.54, 1.807) is 19.2 Å². The number of aliphatic imine (C=N–C) groups is 1. The minimum atomic E-state index is -1.36. The summed E-state index contributed by atoms with van der Waals surface area (Å²) < 4.78 is 26.5. The van der Waals surface area contributed by atoms with E-state index < -0.39 is 11.5 Å². The lowest BCUT2D eigenvalue weighted by atomic mass is 10.1. The number of benzene rings is 1. The molecule has 1 aromatic rings. The van der Waals surface area contributed by atoms with Crippen LogP contribution in [-0.4, -0.2) is 81.0 Å². The molecule has 0 radical (unpaired) electrons. The van der Waals surface area contributed by atoms with Crippen molar-refractivity contribution in [1.29, 1.82) is 0 Å². The van der Waals surface area contributed by atoms with Crippen LogP contribution in [0.25, 0.3) is 0 Å². The molecule has 150 valence electrons. The molecule has 1 heterocycles. The molecule has 0 spiro atoms. The van der Waals surface area contributed by atoms with Gasteiger partial charge in [0.15, 0.2) is 5.54 Å². The molecule has 0 fully saturated rings. The van der Waals surface area contributed by atoms with E-state index in [9.17, 15) is 15.0 Å². The fourth-order valence-corrected chi connectivity index (χ4v) is 2.20. The van der Waals surface area contributed by atoms with Crippen molar-refractivity contribution in [2.75, 3.05) is 53.4 Å². The van der Waals surface area contributed by atoms with Crippen LogP contribution in [0.2, 0.25) is 0 Å². The van der Waals surface area contributed by atoms with Gasteiger partial charge in [-0.2, -0.15) is 0 Å². The van der Waals surface area contributed by atoms with Gasteiger partial charge in [-0.25, -0.2) is 9.79 Å². The Hall–Kier alpha value is -2.36. The second-order valence-corrected chi connectivity index (χ2v) is 6.03. The lowest BCUT2D eigenvalue weighted by molar-refractivity contribution is -0.142. The van der Waals surface area contributed by atoms with Crippen LogP contribution in [-0.2, 0) is 23.7 Å². The number of carboxylic acids is 1.